The van der Waals surface area contributed by atoms with E-state index in [0.717, 1.165) is 23.5 Å². The van der Waals surface area contributed by atoms with Crippen LogP contribution in [0.1, 0.15) is 20.0 Å². The Balaban J connectivity index is 2.39. The minimum atomic E-state index is -4.19. The van der Waals surface area contributed by atoms with Crippen molar-refractivity contribution in [2.75, 3.05) is 4.72 Å². The molecule has 1 aromatic carbocycles. The molecule has 0 radical (unpaired) electrons. The fourth-order valence-corrected chi connectivity index (χ4v) is 3.47. The summed E-state index contributed by atoms with van der Waals surface area (Å²) in [6.45, 7) is 0. The average molecular weight is 344 g/mol. The third kappa shape index (κ3) is 3.07. The van der Waals surface area contributed by atoms with Crippen LogP contribution in [0.25, 0.3) is 0 Å². The van der Waals surface area contributed by atoms with Crippen LogP contribution in [0.2, 0.25) is 0 Å². The molecule has 1 aromatic heterocycles. The number of thiophene rings is 1. The number of amides is 1. The van der Waals surface area contributed by atoms with Crippen LogP contribution in [0.15, 0.2) is 34.5 Å². The molecule has 0 bridgehead atoms. The monoisotopic (exact) mass is 344 g/mol. The van der Waals surface area contributed by atoms with E-state index in [2.05, 4.69) is 4.72 Å². The van der Waals surface area contributed by atoms with Crippen molar-refractivity contribution < 1.29 is 27.5 Å². The SMILES string of the molecule is NC(=O)c1sccc1NS(=O)(=O)c1ccc(C(=O)O)c(F)c1. The average Bonchev–Trinajstić information content (AvgIpc) is 2.85. The molecule has 0 aliphatic heterocycles. The van der Waals surface area contributed by atoms with E-state index < -0.39 is 38.2 Å². The molecule has 0 aliphatic rings. The topological polar surface area (TPSA) is 127 Å². The third-order valence-corrected chi connectivity index (χ3v) is 4.91. The van der Waals surface area contributed by atoms with Gasteiger partial charge in [-0.25, -0.2) is 17.6 Å². The second kappa shape index (κ2) is 5.73. The molecule has 0 saturated heterocycles. The van der Waals surface area contributed by atoms with Crippen molar-refractivity contribution in [3.63, 3.8) is 0 Å². The number of aromatic carboxylic acids is 1. The van der Waals surface area contributed by atoms with Gasteiger partial charge in [-0.05, 0) is 29.6 Å². The standard InChI is InChI=1S/C12H9FN2O5S2/c13-8-5-6(1-2-7(8)12(17)18)22(19,20)15-9-3-4-21-10(9)11(14)16/h1-5,15H,(H2,14,16)(H,17,18). The van der Waals surface area contributed by atoms with Crippen molar-refractivity contribution >= 4 is 38.9 Å². The minimum absolute atomic E-state index is 0.00574. The van der Waals surface area contributed by atoms with Gasteiger partial charge in [0, 0.05) is 0 Å². The van der Waals surface area contributed by atoms with Crippen LogP contribution in [-0.2, 0) is 10.0 Å². The van der Waals surface area contributed by atoms with E-state index in [9.17, 15) is 22.4 Å². The van der Waals surface area contributed by atoms with Crippen LogP contribution in [0.3, 0.4) is 0 Å². The van der Waals surface area contributed by atoms with Crippen molar-refractivity contribution in [2.45, 2.75) is 4.90 Å². The zero-order valence-corrected chi connectivity index (χ0v) is 12.4. The lowest BCUT2D eigenvalue weighted by molar-refractivity contribution is 0.0691. The van der Waals surface area contributed by atoms with Gasteiger partial charge in [0.25, 0.3) is 15.9 Å². The summed E-state index contributed by atoms with van der Waals surface area (Å²) in [6, 6.07) is 3.71. The number of benzene rings is 1. The van der Waals surface area contributed by atoms with Crippen LogP contribution >= 0.6 is 11.3 Å². The smallest absolute Gasteiger partial charge is 0.338 e. The van der Waals surface area contributed by atoms with Gasteiger partial charge in [0.15, 0.2) is 0 Å². The van der Waals surface area contributed by atoms with Crippen LogP contribution < -0.4 is 10.5 Å². The molecular weight excluding hydrogens is 335 g/mol. The van der Waals surface area contributed by atoms with Crippen molar-refractivity contribution in [1.29, 1.82) is 0 Å². The molecule has 0 spiro atoms. The molecule has 1 heterocycles. The van der Waals surface area contributed by atoms with Gasteiger partial charge in [-0.1, -0.05) is 0 Å². The summed E-state index contributed by atoms with van der Waals surface area (Å²) in [6.07, 6.45) is 0. The highest BCUT2D eigenvalue weighted by Crippen LogP contribution is 2.25. The number of carboxylic acid groups (broad SMARTS) is 1. The summed E-state index contributed by atoms with van der Waals surface area (Å²) in [5, 5.41) is 10.2. The number of primary amides is 1. The van der Waals surface area contributed by atoms with Crippen molar-refractivity contribution in [1.82, 2.24) is 0 Å². The summed E-state index contributed by atoms with van der Waals surface area (Å²) in [5.74, 6) is -3.50. The van der Waals surface area contributed by atoms with Gasteiger partial charge in [0.1, 0.15) is 10.7 Å². The molecule has 7 nitrogen and oxygen atoms in total. The predicted octanol–water partition coefficient (Wildman–Crippen LogP) is 1.49. The maximum Gasteiger partial charge on any atom is 0.338 e. The number of hydrogen-bond donors (Lipinski definition) is 3. The van der Waals surface area contributed by atoms with Gasteiger partial charge in [0.2, 0.25) is 0 Å². The molecule has 22 heavy (non-hydrogen) atoms. The van der Waals surface area contributed by atoms with Crippen LogP contribution in [0.4, 0.5) is 10.1 Å². The Kier molecular flexibility index (Phi) is 4.15. The lowest BCUT2D eigenvalue weighted by Crippen LogP contribution is -2.17. The van der Waals surface area contributed by atoms with Gasteiger partial charge in [-0.15, -0.1) is 11.3 Å². The maximum atomic E-state index is 13.6. The Hall–Kier alpha value is -2.46. The molecule has 0 saturated carbocycles. The number of hydrogen-bond acceptors (Lipinski definition) is 5. The van der Waals surface area contributed by atoms with E-state index in [4.69, 9.17) is 10.8 Å². The van der Waals surface area contributed by atoms with E-state index in [-0.39, 0.29) is 10.6 Å². The third-order valence-electron chi connectivity index (χ3n) is 2.61. The van der Waals surface area contributed by atoms with Crippen LogP contribution in [0.5, 0.6) is 0 Å². The maximum absolute atomic E-state index is 13.6. The van der Waals surface area contributed by atoms with Gasteiger partial charge in [-0.3, -0.25) is 9.52 Å². The van der Waals surface area contributed by atoms with Gasteiger partial charge in [0.05, 0.1) is 16.1 Å². The summed E-state index contributed by atoms with van der Waals surface area (Å²) in [5.41, 5.74) is 4.43. The van der Waals surface area contributed by atoms with Crippen LogP contribution in [0, 0.1) is 5.82 Å². The zero-order valence-electron chi connectivity index (χ0n) is 10.7. The Morgan fingerprint density at radius 3 is 2.50 bits per heavy atom. The fraction of sp³-hybridized carbons (Fsp3) is 0. The highest BCUT2D eigenvalue weighted by Gasteiger charge is 2.21. The number of halogens is 1. The molecule has 10 heteroatoms. The van der Waals surface area contributed by atoms with E-state index in [1.807, 2.05) is 0 Å². The number of anilines is 1. The number of rotatable bonds is 5. The number of carbonyl (C=O) groups excluding carboxylic acids is 1. The Morgan fingerprint density at radius 1 is 1.27 bits per heavy atom. The number of carbonyl (C=O) groups is 2. The van der Waals surface area contributed by atoms with E-state index in [1.165, 1.54) is 11.4 Å². The first kappa shape index (κ1) is 15.9. The molecule has 4 N–H and O–H groups in total. The van der Waals surface area contributed by atoms with Gasteiger partial charge < -0.3 is 10.8 Å². The highest BCUT2D eigenvalue weighted by atomic mass is 32.2. The number of nitrogens with one attached hydrogen (secondary N) is 1. The summed E-state index contributed by atoms with van der Waals surface area (Å²) < 4.78 is 40.0. The summed E-state index contributed by atoms with van der Waals surface area (Å²) >= 11 is 0.950. The van der Waals surface area contributed by atoms with E-state index in [1.54, 1.807) is 0 Å². The molecular formula is C12H9FN2O5S2. The van der Waals surface area contributed by atoms with E-state index in [0.29, 0.717) is 6.07 Å². The Bertz CT molecular complexity index is 860. The normalized spacial score (nSPS) is 11.1. The molecule has 2 aromatic rings. The summed E-state index contributed by atoms with van der Waals surface area (Å²) in [4.78, 5) is 21.4. The predicted molar refractivity (Wildman–Crippen MR) is 77.0 cm³/mol. The van der Waals surface area contributed by atoms with Gasteiger partial charge >= 0.3 is 5.97 Å². The first-order valence-electron chi connectivity index (χ1n) is 5.65. The fourth-order valence-electron chi connectivity index (χ4n) is 1.62. The first-order valence-corrected chi connectivity index (χ1v) is 8.01. The number of sulfonamides is 1. The minimum Gasteiger partial charge on any atom is -0.478 e. The lowest BCUT2D eigenvalue weighted by atomic mass is 10.2. The molecule has 1 amide bonds. The largest absolute Gasteiger partial charge is 0.478 e. The quantitative estimate of drug-likeness (QED) is 0.757. The van der Waals surface area contributed by atoms with Crippen LogP contribution in [-0.4, -0.2) is 25.4 Å². The highest BCUT2D eigenvalue weighted by molar-refractivity contribution is 7.92. The second-order valence-electron chi connectivity index (χ2n) is 4.08. The van der Waals surface area contributed by atoms with Gasteiger partial charge in [-0.2, -0.15) is 0 Å². The first-order chi connectivity index (χ1) is 10.2. The zero-order chi connectivity index (χ0) is 16.5. The van der Waals surface area contributed by atoms with Crippen molar-refractivity contribution in [3.8, 4) is 0 Å². The Labute approximate surface area is 128 Å². The molecule has 2 rings (SSSR count). The van der Waals surface area contributed by atoms with Crippen molar-refractivity contribution in [2.24, 2.45) is 5.73 Å². The molecule has 0 fully saturated rings. The lowest BCUT2D eigenvalue weighted by Gasteiger charge is -2.08. The molecule has 116 valence electrons. The number of carboxylic acids is 1. The Morgan fingerprint density at radius 2 is 1.95 bits per heavy atom. The molecule has 0 unspecified atom stereocenters. The second-order valence-corrected chi connectivity index (χ2v) is 6.68. The molecule has 0 aliphatic carbocycles. The number of nitrogens with two attached hydrogens (primary N) is 1. The summed E-state index contributed by atoms with van der Waals surface area (Å²) in [7, 11) is -4.19. The van der Waals surface area contributed by atoms with Crippen molar-refractivity contribution in [3.05, 3.63) is 45.9 Å². The van der Waals surface area contributed by atoms with E-state index >= 15 is 0 Å². The molecule has 0 atom stereocenters.